The molecule has 2 rings (SSSR count). The van der Waals surface area contributed by atoms with Crippen LogP contribution < -0.4 is 16.6 Å². The molecule has 2 amide bonds. The fourth-order valence-corrected chi connectivity index (χ4v) is 2.39. The largest absolute Gasteiger partial charge is 0.324 e. The van der Waals surface area contributed by atoms with Crippen LogP contribution in [0.15, 0.2) is 5.16 Å². The number of aromatic nitrogens is 3. The molecule has 1 aliphatic rings. The topological polar surface area (TPSA) is 115 Å². The first kappa shape index (κ1) is 13.8. The zero-order valence-electron chi connectivity index (χ0n) is 10.5. The summed E-state index contributed by atoms with van der Waals surface area (Å²) in [6.07, 6.45) is 2.19. The number of nitrogens with one attached hydrogen (secondary N) is 2. The van der Waals surface area contributed by atoms with Gasteiger partial charge in [0.2, 0.25) is 11.8 Å². The highest BCUT2D eigenvalue weighted by Crippen LogP contribution is 2.38. The van der Waals surface area contributed by atoms with Crippen LogP contribution in [-0.2, 0) is 16.1 Å². The molecule has 4 N–H and O–H groups in total. The lowest BCUT2D eigenvalue weighted by molar-refractivity contribution is -0.126. The third-order valence-electron chi connectivity index (χ3n) is 2.54. The molecular weight excluding hydrogens is 268 g/mol. The zero-order chi connectivity index (χ0) is 13.8. The smallest absolute Gasteiger partial charge is 0.248 e. The second-order valence-electron chi connectivity index (χ2n) is 4.22. The number of hydrogen-bond acceptors (Lipinski definition) is 6. The molecule has 1 aromatic rings. The van der Waals surface area contributed by atoms with E-state index in [0.29, 0.717) is 17.7 Å². The normalized spacial score (nSPS) is 14.2. The van der Waals surface area contributed by atoms with Crippen LogP contribution in [0, 0.1) is 0 Å². The highest BCUT2D eigenvalue weighted by Gasteiger charge is 2.29. The van der Waals surface area contributed by atoms with Gasteiger partial charge in [-0.3, -0.25) is 20.4 Å². The van der Waals surface area contributed by atoms with Crippen LogP contribution in [0.1, 0.15) is 31.6 Å². The molecule has 19 heavy (non-hydrogen) atoms. The van der Waals surface area contributed by atoms with E-state index in [0.717, 1.165) is 18.7 Å². The van der Waals surface area contributed by atoms with Crippen LogP contribution >= 0.6 is 11.8 Å². The summed E-state index contributed by atoms with van der Waals surface area (Å²) < 4.78 is 2.00. The molecule has 1 aromatic heterocycles. The summed E-state index contributed by atoms with van der Waals surface area (Å²) in [4.78, 5) is 22.1. The van der Waals surface area contributed by atoms with Gasteiger partial charge in [0.05, 0.1) is 12.3 Å². The molecule has 0 radical (unpaired) electrons. The van der Waals surface area contributed by atoms with Gasteiger partial charge in [0, 0.05) is 13.0 Å². The van der Waals surface area contributed by atoms with Gasteiger partial charge in [-0.15, -0.1) is 10.2 Å². The van der Waals surface area contributed by atoms with Crippen LogP contribution in [0.25, 0.3) is 0 Å². The fourth-order valence-electron chi connectivity index (χ4n) is 1.57. The average molecular weight is 284 g/mol. The summed E-state index contributed by atoms with van der Waals surface area (Å²) in [7, 11) is 0. The number of nitrogens with two attached hydrogens (primary N) is 1. The predicted octanol–water partition coefficient (Wildman–Crippen LogP) is -0.669. The van der Waals surface area contributed by atoms with Crippen molar-refractivity contribution in [3.05, 3.63) is 5.82 Å². The number of thioether (sulfide) groups is 1. The first-order valence-electron chi connectivity index (χ1n) is 5.94. The minimum absolute atomic E-state index is 0.162. The molecule has 0 bridgehead atoms. The number of hydrazine groups is 1. The summed E-state index contributed by atoms with van der Waals surface area (Å²) >= 11 is 1.28. The van der Waals surface area contributed by atoms with E-state index in [2.05, 4.69) is 21.0 Å². The third-order valence-corrected chi connectivity index (χ3v) is 3.48. The number of carbonyl (C=O) groups excluding carboxylic acids is 2. The minimum atomic E-state index is -0.315. The van der Waals surface area contributed by atoms with E-state index in [1.165, 1.54) is 18.7 Å². The van der Waals surface area contributed by atoms with Crippen molar-refractivity contribution in [1.29, 1.82) is 0 Å². The molecule has 0 unspecified atom stereocenters. The van der Waals surface area contributed by atoms with Crippen LogP contribution in [0.2, 0.25) is 0 Å². The van der Waals surface area contributed by atoms with E-state index >= 15 is 0 Å². The Bertz CT molecular complexity index is 484. The van der Waals surface area contributed by atoms with Crippen molar-refractivity contribution in [3.8, 4) is 0 Å². The maximum absolute atomic E-state index is 11.5. The quantitative estimate of drug-likeness (QED) is 0.488. The van der Waals surface area contributed by atoms with Gasteiger partial charge < -0.3 is 10.3 Å². The van der Waals surface area contributed by atoms with Crippen molar-refractivity contribution >= 4 is 23.6 Å². The van der Waals surface area contributed by atoms with Gasteiger partial charge in [0.25, 0.3) is 0 Å². The van der Waals surface area contributed by atoms with Crippen LogP contribution in [0.4, 0.5) is 0 Å². The standard InChI is InChI=1S/C10H16N6O2S/c1-6(17)12-14-9(18)5-19-10-15-13-8(4-11)16(10)7-2-3-7/h7H,2-5,11H2,1H3,(H,12,17)(H,14,18). The molecule has 0 atom stereocenters. The molecule has 0 saturated heterocycles. The van der Waals surface area contributed by atoms with Crippen molar-refractivity contribution < 1.29 is 9.59 Å². The molecule has 1 aliphatic carbocycles. The Morgan fingerprint density at radius 2 is 2.16 bits per heavy atom. The maximum atomic E-state index is 11.5. The van der Waals surface area contributed by atoms with Gasteiger partial charge in [-0.2, -0.15) is 0 Å². The molecule has 1 fully saturated rings. The van der Waals surface area contributed by atoms with Gasteiger partial charge in [-0.25, -0.2) is 0 Å². The molecule has 1 saturated carbocycles. The molecule has 9 heteroatoms. The molecule has 8 nitrogen and oxygen atoms in total. The maximum Gasteiger partial charge on any atom is 0.248 e. The van der Waals surface area contributed by atoms with Crippen LogP contribution in [-0.4, -0.2) is 32.3 Å². The van der Waals surface area contributed by atoms with Crippen molar-refractivity contribution in [2.45, 2.75) is 37.5 Å². The van der Waals surface area contributed by atoms with E-state index in [1.54, 1.807) is 0 Å². The summed E-state index contributed by atoms with van der Waals surface area (Å²) in [6.45, 7) is 1.66. The summed E-state index contributed by atoms with van der Waals surface area (Å²) in [5.41, 5.74) is 10.1. The molecule has 0 aromatic carbocycles. The summed E-state index contributed by atoms with van der Waals surface area (Å²) in [5.74, 6) is 0.299. The van der Waals surface area contributed by atoms with Gasteiger partial charge in [-0.05, 0) is 12.8 Å². The average Bonchev–Trinajstić information content (AvgIpc) is 3.14. The molecule has 0 spiro atoms. The summed E-state index contributed by atoms with van der Waals surface area (Å²) in [5, 5.41) is 8.75. The lowest BCUT2D eigenvalue weighted by Crippen LogP contribution is -2.41. The van der Waals surface area contributed by atoms with Crippen molar-refractivity contribution in [1.82, 2.24) is 25.6 Å². The molecule has 0 aliphatic heterocycles. The van der Waals surface area contributed by atoms with Gasteiger partial charge >= 0.3 is 0 Å². The number of amides is 2. The number of hydrogen-bond donors (Lipinski definition) is 3. The predicted molar refractivity (Wildman–Crippen MR) is 68.9 cm³/mol. The Balaban J connectivity index is 1.90. The van der Waals surface area contributed by atoms with Crippen LogP contribution in [0.3, 0.4) is 0 Å². The van der Waals surface area contributed by atoms with E-state index in [1.807, 2.05) is 4.57 Å². The minimum Gasteiger partial charge on any atom is -0.324 e. The first-order valence-corrected chi connectivity index (χ1v) is 6.92. The Labute approximate surface area is 114 Å². The Morgan fingerprint density at radius 3 is 2.74 bits per heavy atom. The molecular formula is C10H16N6O2S. The Morgan fingerprint density at radius 1 is 1.42 bits per heavy atom. The van der Waals surface area contributed by atoms with E-state index < -0.39 is 0 Å². The zero-order valence-corrected chi connectivity index (χ0v) is 11.4. The second kappa shape index (κ2) is 6.02. The van der Waals surface area contributed by atoms with Crippen molar-refractivity contribution in [3.63, 3.8) is 0 Å². The SMILES string of the molecule is CC(=O)NNC(=O)CSc1nnc(CN)n1C1CC1. The number of rotatable bonds is 5. The third kappa shape index (κ3) is 3.67. The van der Waals surface area contributed by atoms with Crippen molar-refractivity contribution in [2.24, 2.45) is 5.73 Å². The number of carbonyl (C=O) groups is 2. The van der Waals surface area contributed by atoms with Crippen LogP contribution in [0.5, 0.6) is 0 Å². The second-order valence-corrected chi connectivity index (χ2v) is 5.16. The lowest BCUT2D eigenvalue weighted by atomic mass is 10.5. The van der Waals surface area contributed by atoms with E-state index in [4.69, 9.17) is 5.73 Å². The van der Waals surface area contributed by atoms with E-state index in [-0.39, 0.29) is 17.6 Å². The highest BCUT2D eigenvalue weighted by atomic mass is 32.2. The molecule has 1 heterocycles. The Hall–Kier alpha value is -1.61. The first-order chi connectivity index (χ1) is 9.11. The summed E-state index contributed by atoms with van der Waals surface area (Å²) in [6, 6.07) is 0.412. The van der Waals surface area contributed by atoms with E-state index in [9.17, 15) is 9.59 Å². The fraction of sp³-hybridized carbons (Fsp3) is 0.600. The van der Waals surface area contributed by atoms with Crippen molar-refractivity contribution in [2.75, 3.05) is 5.75 Å². The van der Waals surface area contributed by atoms with Gasteiger partial charge in [-0.1, -0.05) is 11.8 Å². The molecule has 104 valence electrons. The van der Waals surface area contributed by atoms with Gasteiger partial charge in [0.1, 0.15) is 5.82 Å². The Kier molecular flexibility index (Phi) is 4.38. The monoisotopic (exact) mass is 284 g/mol. The number of nitrogens with zero attached hydrogens (tertiary/aromatic N) is 3. The van der Waals surface area contributed by atoms with Gasteiger partial charge in [0.15, 0.2) is 5.16 Å². The highest BCUT2D eigenvalue weighted by molar-refractivity contribution is 7.99. The lowest BCUT2D eigenvalue weighted by Gasteiger charge is -2.07.